The lowest BCUT2D eigenvalue weighted by Gasteiger charge is -1.93. The maximum Gasteiger partial charge on any atom is 0.293 e. The van der Waals surface area contributed by atoms with Crippen LogP contribution in [-0.2, 0) is 4.79 Å². The fourth-order valence-electron chi connectivity index (χ4n) is 1.94. The highest BCUT2D eigenvalue weighted by Gasteiger charge is 2.04. The van der Waals surface area contributed by atoms with Crippen LogP contribution in [0.2, 0.25) is 0 Å². The summed E-state index contributed by atoms with van der Waals surface area (Å²) in [6, 6.07) is 14.2. The Morgan fingerprint density at radius 3 is 2.67 bits per heavy atom. The van der Waals surface area contributed by atoms with Crippen molar-refractivity contribution in [2.24, 2.45) is 5.73 Å². The fraction of sp³-hybridized carbons (Fsp3) is 0. The number of benzene rings is 2. The van der Waals surface area contributed by atoms with Crippen LogP contribution in [0.4, 0.5) is 0 Å². The predicted molar refractivity (Wildman–Crippen MR) is 75.4 cm³/mol. The van der Waals surface area contributed by atoms with Crippen molar-refractivity contribution in [1.82, 2.24) is 0 Å². The molecule has 3 rings (SSSR count). The number of hydrogen-bond acceptors (Lipinski definition) is 2. The van der Waals surface area contributed by atoms with Crippen molar-refractivity contribution in [3.63, 3.8) is 0 Å². The maximum atomic E-state index is 10.6. The summed E-state index contributed by atoms with van der Waals surface area (Å²) in [7, 11) is 0. The van der Waals surface area contributed by atoms with E-state index in [0.717, 1.165) is 5.56 Å². The topological polar surface area (TPSA) is 43.1 Å². The molecule has 0 bridgehead atoms. The number of amides is 1. The number of thiophene rings is 1. The Morgan fingerprint density at radius 2 is 1.83 bits per heavy atom. The molecule has 1 amide bonds. The molecule has 0 fully saturated rings. The highest BCUT2D eigenvalue weighted by molar-refractivity contribution is 7.25. The number of carbonyl (C=O) groups excluding carboxylic acids is 1. The van der Waals surface area contributed by atoms with Crippen molar-refractivity contribution in [3.8, 4) is 11.8 Å². The second kappa shape index (κ2) is 4.17. The van der Waals surface area contributed by atoms with Gasteiger partial charge in [-0.15, -0.1) is 11.3 Å². The highest BCUT2D eigenvalue weighted by Crippen LogP contribution is 2.33. The van der Waals surface area contributed by atoms with E-state index in [0.29, 0.717) is 0 Å². The van der Waals surface area contributed by atoms with Gasteiger partial charge in [0.1, 0.15) is 0 Å². The van der Waals surface area contributed by atoms with Crippen LogP contribution in [0, 0.1) is 11.8 Å². The molecular weight excluding hydrogens is 242 g/mol. The van der Waals surface area contributed by atoms with Crippen LogP contribution in [0.1, 0.15) is 5.56 Å². The lowest BCUT2D eigenvalue weighted by molar-refractivity contribution is -0.112. The number of carbonyl (C=O) groups is 1. The molecule has 0 unspecified atom stereocenters. The molecule has 0 aliphatic carbocycles. The molecule has 3 aromatic rings. The smallest absolute Gasteiger partial charge is 0.293 e. The van der Waals surface area contributed by atoms with Gasteiger partial charge in [0.15, 0.2) is 0 Å². The number of fused-ring (bicyclic) bond motifs is 3. The van der Waals surface area contributed by atoms with Crippen molar-refractivity contribution < 1.29 is 4.79 Å². The zero-order valence-corrected chi connectivity index (χ0v) is 10.3. The minimum atomic E-state index is -0.606. The Balaban J connectivity index is 2.25. The summed E-state index contributed by atoms with van der Waals surface area (Å²) < 4.78 is 2.48. The Morgan fingerprint density at radius 1 is 1.06 bits per heavy atom. The molecule has 2 nitrogen and oxygen atoms in total. The maximum absolute atomic E-state index is 10.6. The van der Waals surface area contributed by atoms with Gasteiger partial charge < -0.3 is 5.73 Å². The Kier molecular flexibility index (Phi) is 2.51. The van der Waals surface area contributed by atoms with E-state index in [1.54, 1.807) is 11.3 Å². The molecule has 1 aromatic heterocycles. The van der Waals surface area contributed by atoms with Crippen molar-refractivity contribution in [2.45, 2.75) is 0 Å². The average molecular weight is 251 g/mol. The van der Waals surface area contributed by atoms with Gasteiger partial charge in [-0.1, -0.05) is 24.1 Å². The first-order valence-corrected chi connectivity index (χ1v) is 6.28. The first kappa shape index (κ1) is 10.8. The number of nitrogens with two attached hydrogens (primary N) is 1. The molecule has 0 saturated heterocycles. The molecule has 2 N–H and O–H groups in total. The van der Waals surface area contributed by atoms with Gasteiger partial charge in [-0.2, -0.15) is 0 Å². The quantitative estimate of drug-likeness (QED) is 0.613. The van der Waals surface area contributed by atoms with E-state index in [1.165, 1.54) is 20.2 Å². The van der Waals surface area contributed by atoms with Crippen LogP contribution in [-0.4, -0.2) is 5.91 Å². The molecular formula is C15H9NOS. The number of hydrogen-bond donors (Lipinski definition) is 1. The van der Waals surface area contributed by atoms with Gasteiger partial charge in [0, 0.05) is 25.7 Å². The van der Waals surface area contributed by atoms with Gasteiger partial charge in [0.2, 0.25) is 0 Å². The predicted octanol–water partition coefficient (Wildman–Crippen LogP) is 2.89. The van der Waals surface area contributed by atoms with E-state index in [-0.39, 0.29) is 0 Å². The van der Waals surface area contributed by atoms with Gasteiger partial charge >= 0.3 is 0 Å². The van der Waals surface area contributed by atoms with Gasteiger partial charge in [-0.3, -0.25) is 4.79 Å². The van der Waals surface area contributed by atoms with Crippen molar-refractivity contribution in [2.75, 3.05) is 0 Å². The van der Waals surface area contributed by atoms with E-state index < -0.39 is 5.91 Å². The third kappa shape index (κ3) is 1.83. The fourth-order valence-corrected chi connectivity index (χ4v) is 3.02. The molecule has 0 radical (unpaired) electrons. The third-order valence-corrected chi connectivity index (χ3v) is 3.86. The van der Waals surface area contributed by atoms with Gasteiger partial charge in [-0.05, 0) is 30.2 Å². The summed E-state index contributed by atoms with van der Waals surface area (Å²) in [4.78, 5) is 10.6. The van der Waals surface area contributed by atoms with Crippen LogP contribution in [0.25, 0.3) is 20.2 Å². The Labute approximate surface area is 108 Å². The molecule has 2 aromatic carbocycles. The summed E-state index contributed by atoms with van der Waals surface area (Å²) in [5.74, 6) is 4.52. The second-order valence-electron chi connectivity index (χ2n) is 3.92. The van der Waals surface area contributed by atoms with Crippen molar-refractivity contribution in [3.05, 3.63) is 48.0 Å². The third-order valence-electron chi connectivity index (χ3n) is 2.71. The van der Waals surface area contributed by atoms with Gasteiger partial charge in [-0.25, -0.2) is 0 Å². The molecule has 0 spiro atoms. The molecule has 86 valence electrons. The van der Waals surface area contributed by atoms with Crippen LogP contribution in [0.3, 0.4) is 0 Å². The Bertz CT molecular complexity index is 820. The minimum Gasteiger partial charge on any atom is -0.359 e. The van der Waals surface area contributed by atoms with E-state index in [1.807, 2.05) is 30.3 Å². The van der Waals surface area contributed by atoms with Gasteiger partial charge in [0.05, 0.1) is 0 Å². The van der Waals surface area contributed by atoms with Crippen LogP contribution in [0.15, 0.2) is 42.5 Å². The number of rotatable bonds is 0. The second-order valence-corrected chi connectivity index (χ2v) is 5.01. The Hall–Kier alpha value is -2.31. The summed E-state index contributed by atoms with van der Waals surface area (Å²) in [6.07, 6.45) is 0. The first-order valence-electron chi connectivity index (χ1n) is 5.47. The lowest BCUT2D eigenvalue weighted by Crippen LogP contribution is -2.06. The monoisotopic (exact) mass is 251 g/mol. The normalized spacial score (nSPS) is 10.2. The van der Waals surface area contributed by atoms with E-state index in [4.69, 9.17) is 5.73 Å². The summed E-state index contributed by atoms with van der Waals surface area (Å²) in [5.41, 5.74) is 5.82. The van der Waals surface area contributed by atoms with E-state index in [9.17, 15) is 4.79 Å². The number of primary amides is 1. The zero-order chi connectivity index (χ0) is 12.5. The average Bonchev–Trinajstić information content (AvgIpc) is 2.74. The SMILES string of the molecule is NC(=O)C#Cc1ccc2sc3ccccc3c2c1. The highest BCUT2D eigenvalue weighted by atomic mass is 32.1. The molecule has 0 aliphatic rings. The molecule has 0 saturated carbocycles. The van der Waals surface area contributed by atoms with Crippen molar-refractivity contribution >= 4 is 37.4 Å². The molecule has 0 atom stereocenters. The van der Waals surface area contributed by atoms with Crippen LogP contribution < -0.4 is 5.73 Å². The molecule has 3 heteroatoms. The minimum absolute atomic E-state index is 0.606. The molecule has 1 heterocycles. The van der Waals surface area contributed by atoms with Crippen LogP contribution >= 0.6 is 11.3 Å². The summed E-state index contributed by atoms with van der Waals surface area (Å²) in [6.45, 7) is 0. The standard InChI is InChI=1S/C15H9NOS/c16-15(17)8-6-10-5-7-14-12(9-10)11-3-1-2-4-13(11)18-14/h1-5,7,9H,(H2,16,17). The van der Waals surface area contributed by atoms with Crippen molar-refractivity contribution in [1.29, 1.82) is 0 Å². The summed E-state index contributed by atoms with van der Waals surface area (Å²) >= 11 is 1.75. The summed E-state index contributed by atoms with van der Waals surface area (Å²) in [5, 5.41) is 2.40. The lowest BCUT2D eigenvalue weighted by atomic mass is 10.1. The van der Waals surface area contributed by atoms with E-state index in [2.05, 4.69) is 24.0 Å². The zero-order valence-electron chi connectivity index (χ0n) is 9.44. The largest absolute Gasteiger partial charge is 0.359 e. The van der Waals surface area contributed by atoms with E-state index >= 15 is 0 Å². The van der Waals surface area contributed by atoms with Gasteiger partial charge in [0.25, 0.3) is 5.91 Å². The first-order chi connectivity index (χ1) is 8.74. The molecule has 18 heavy (non-hydrogen) atoms. The molecule has 0 aliphatic heterocycles. The van der Waals surface area contributed by atoms with Crippen LogP contribution in [0.5, 0.6) is 0 Å².